The van der Waals surface area contributed by atoms with E-state index >= 15 is 0 Å². The first-order valence-electron chi connectivity index (χ1n) is 13.8. The number of benzene rings is 1. The van der Waals surface area contributed by atoms with Gasteiger partial charge in [0.05, 0.1) is 24.8 Å². The first kappa shape index (κ1) is 39.4. The smallest absolute Gasteiger partial charge is 0.394 e. The van der Waals surface area contributed by atoms with Crippen LogP contribution in [0.1, 0.15) is 42.4 Å². The predicted octanol–water partition coefficient (Wildman–Crippen LogP) is 3.20. The number of terminal acetylenes is 1. The Morgan fingerprint density at radius 3 is 2.52 bits per heavy atom. The van der Waals surface area contributed by atoms with Gasteiger partial charge >= 0.3 is 17.8 Å². The van der Waals surface area contributed by atoms with Gasteiger partial charge in [0.1, 0.15) is 17.8 Å². The minimum atomic E-state index is -5.07. The molecule has 0 bridgehead atoms. The van der Waals surface area contributed by atoms with Crippen LogP contribution in [0.25, 0.3) is 0 Å². The van der Waals surface area contributed by atoms with Gasteiger partial charge in [-0.2, -0.15) is 18.2 Å². The highest BCUT2D eigenvalue weighted by atomic mass is 33.1. The first-order chi connectivity index (χ1) is 22.9. The molecule has 3 rings (SSSR count). The van der Waals surface area contributed by atoms with E-state index in [4.69, 9.17) is 15.9 Å². The number of hydrogen-bond donors (Lipinski definition) is 3. The molecule has 2 heterocycles. The van der Waals surface area contributed by atoms with Gasteiger partial charge in [-0.25, -0.2) is 4.79 Å². The van der Waals surface area contributed by atoms with Gasteiger partial charge in [0, 0.05) is 18.2 Å². The molecule has 1 aromatic heterocycles. The van der Waals surface area contributed by atoms with Gasteiger partial charge in [-0.15, -0.1) is 6.42 Å². The van der Waals surface area contributed by atoms with Crippen LogP contribution in [0.3, 0.4) is 0 Å². The van der Waals surface area contributed by atoms with Gasteiger partial charge in [-0.1, -0.05) is 57.5 Å². The molecule has 10 nitrogen and oxygen atoms in total. The van der Waals surface area contributed by atoms with Crippen LogP contribution in [0.15, 0.2) is 41.3 Å². The summed E-state index contributed by atoms with van der Waals surface area (Å²) in [6.45, 7) is 2.53. The van der Waals surface area contributed by atoms with E-state index in [0.29, 0.717) is 0 Å². The second-order valence-corrected chi connectivity index (χ2v) is 11.8. The number of aliphatic hydroxyl groups excluding tert-OH is 1. The number of rotatable bonds is 9. The van der Waals surface area contributed by atoms with Crippen molar-refractivity contribution < 1.29 is 37.3 Å². The summed E-state index contributed by atoms with van der Waals surface area (Å²) in [6.07, 6.45) is 0.912. The maximum absolute atomic E-state index is 12.9. The summed E-state index contributed by atoms with van der Waals surface area (Å²) in [4.78, 5) is 40.6. The van der Waals surface area contributed by atoms with Crippen molar-refractivity contribution in [1.82, 2.24) is 14.9 Å². The molecule has 1 aliphatic heterocycles. The molecule has 0 spiro atoms. The number of amides is 2. The van der Waals surface area contributed by atoms with E-state index in [1.54, 1.807) is 30.4 Å². The van der Waals surface area contributed by atoms with Crippen molar-refractivity contribution >= 4 is 39.2 Å². The number of carbonyl (C=O) groups is 2. The lowest BCUT2D eigenvalue weighted by Gasteiger charge is -2.20. The van der Waals surface area contributed by atoms with E-state index in [0.717, 1.165) is 4.57 Å². The summed E-state index contributed by atoms with van der Waals surface area (Å²) < 4.78 is 50.2. The molecule has 0 aliphatic carbocycles. The number of halogens is 3. The Labute approximate surface area is 283 Å². The predicted molar refractivity (Wildman–Crippen MR) is 178 cm³/mol. The number of alkyl halides is 3. The Bertz CT molecular complexity index is 1780. The minimum Gasteiger partial charge on any atom is -0.394 e. The van der Waals surface area contributed by atoms with Crippen LogP contribution in [0.5, 0.6) is 0 Å². The number of aliphatic hydroxyl groups is 1. The van der Waals surface area contributed by atoms with E-state index < -0.39 is 48.7 Å². The van der Waals surface area contributed by atoms with Crippen LogP contribution >= 0.6 is 21.6 Å². The van der Waals surface area contributed by atoms with E-state index in [1.807, 2.05) is 13.2 Å². The van der Waals surface area contributed by atoms with Crippen molar-refractivity contribution in [3.63, 3.8) is 0 Å². The monoisotopic (exact) mass is 698 g/mol. The molecule has 1 unspecified atom stereocenters. The van der Waals surface area contributed by atoms with Gasteiger partial charge < -0.3 is 25.2 Å². The number of carbonyl (C=O) groups excluding carboxylic acids is 2. The second-order valence-electron chi connectivity index (χ2n) is 9.07. The summed E-state index contributed by atoms with van der Waals surface area (Å²) in [5, 5.41) is 13.9. The van der Waals surface area contributed by atoms with E-state index in [9.17, 15) is 32.7 Å². The molecule has 15 heteroatoms. The maximum atomic E-state index is 12.9. The molecular formula is C33H29F3N4O6S2. The number of nitrogens with one attached hydrogen (secondary N) is 2. The van der Waals surface area contributed by atoms with E-state index in [1.165, 1.54) is 39.9 Å². The van der Waals surface area contributed by atoms with Gasteiger partial charge in [0.2, 0.25) is 0 Å². The molecule has 250 valence electrons. The van der Waals surface area contributed by atoms with Crippen LogP contribution in [-0.2, 0) is 14.3 Å². The molecule has 48 heavy (non-hydrogen) atoms. The molecule has 0 saturated carbocycles. The summed E-state index contributed by atoms with van der Waals surface area (Å²) in [5.74, 6) is 18.9. The summed E-state index contributed by atoms with van der Waals surface area (Å²) in [5.41, 5.74) is -0.773. The quantitative estimate of drug-likeness (QED) is 0.205. The molecule has 1 aromatic carbocycles. The normalized spacial score (nSPS) is 16.6. The fraction of sp³-hybridized carbons (Fsp3) is 0.333. The molecule has 0 radical (unpaired) electrons. The minimum absolute atomic E-state index is 0.0139. The third-order valence-electron chi connectivity index (χ3n) is 5.75. The molecule has 3 N–H and O–H groups in total. The van der Waals surface area contributed by atoms with Gasteiger partial charge in [-0.05, 0) is 67.8 Å². The van der Waals surface area contributed by atoms with Crippen LogP contribution in [0.2, 0.25) is 0 Å². The number of nitrogens with zero attached hydrogens (tertiary/aromatic N) is 2. The molecule has 1 saturated heterocycles. The van der Waals surface area contributed by atoms with Crippen molar-refractivity contribution in [3.8, 4) is 59.7 Å². The highest BCUT2D eigenvalue weighted by Crippen LogP contribution is 2.34. The summed E-state index contributed by atoms with van der Waals surface area (Å²) in [6, 6.07) is 8.05. The molecule has 4 atom stereocenters. The zero-order valence-corrected chi connectivity index (χ0v) is 27.4. The summed E-state index contributed by atoms with van der Waals surface area (Å²) in [7, 11) is 2.98. The van der Waals surface area contributed by atoms with Crippen LogP contribution < -0.4 is 16.3 Å². The van der Waals surface area contributed by atoms with Crippen molar-refractivity contribution in [1.29, 1.82) is 0 Å². The van der Waals surface area contributed by atoms with Gasteiger partial charge in [0.25, 0.3) is 5.91 Å². The van der Waals surface area contributed by atoms with Crippen LogP contribution in [0.4, 0.5) is 19.0 Å². The zero-order valence-electron chi connectivity index (χ0n) is 25.8. The van der Waals surface area contributed by atoms with E-state index in [2.05, 4.69) is 63.6 Å². The zero-order chi connectivity index (χ0) is 35.5. The lowest BCUT2D eigenvalue weighted by molar-refractivity contribution is -0.173. The van der Waals surface area contributed by atoms with E-state index in [-0.39, 0.29) is 35.4 Å². The van der Waals surface area contributed by atoms with Crippen LogP contribution in [-0.4, -0.2) is 69.7 Å². The number of aromatic nitrogens is 2. The molecule has 1 fully saturated rings. The molecule has 2 amide bonds. The second kappa shape index (κ2) is 20.4. The van der Waals surface area contributed by atoms with Gasteiger partial charge in [0.15, 0.2) is 5.82 Å². The fourth-order valence-electron chi connectivity index (χ4n) is 3.77. The largest absolute Gasteiger partial charge is 0.471 e. The third kappa shape index (κ3) is 13.1. The van der Waals surface area contributed by atoms with Crippen molar-refractivity contribution in [2.45, 2.75) is 50.3 Å². The molecular weight excluding hydrogens is 670 g/mol. The number of anilines is 1. The fourth-order valence-corrected chi connectivity index (χ4v) is 5.18. The third-order valence-corrected chi connectivity index (χ3v) is 7.72. The standard InChI is InChI=1S/C24H25F3N4O6S2.C9H4/c1-14(39-38-2)36-17-11-19(37-18(17)13-32)31-12-16(9-6-10-28-22(34)24(25,26)27)20(30-23(31)35)29-21(33)15-7-4-3-5-8-15;1-3-5-7-9-8-6-4-2/h3-5,7-8,12,14,17-19,32H,10-11,13H2,1-2H3,(H,28,34)(H,29,30,33,35);1H,2H3/t14-,17?,18-,19-;/m1./s1. The van der Waals surface area contributed by atoms with Gasteiger partial charge in [-0.3, -0.25) is 14.2 Å². The van der Waals surface area contributed by atoms with Crippen molar-refractivity contribution in [3.05, 3.63) is 58.1 Å². The Morgan fingerprint density at radius 1 is 1.21 bits per heavy atom. The first-order valence-corrected chi connectivity index (χ1v) is 16.4. The lowest BCUT2D eigenvalue weighted by atomic mass is 10.2. The topological polar surface area (TPSA) is 132 Å². The Balaban J connectivity index is 0.000000778. The average molecular weight is 699 g/mol. The Morgan fingerprint density at radius 2 is 1.90 bits per heavy atom. The number of ether oxygens (including phenoxy) is 2. The highest BCUT2D eigenvalue weighted by Gasteiger charge is 2.39. The lowest BCUT2D eigenvalue weighted by Crippen LogP contribution is -2.36. The SMILES string of the molecule is C#CC#CC#CC#CC.CSS[C@H](C)OC1C[C@H](n2cc(C#CCNC(=O)C(F)(F)F)c(NC(=O)c3ccccc3)nc2=O)O[C@@H]1CO. The molecule has 2 aromatic rings. The Hall–Kier alpha value is -4.79. The highest BCUT2D eigenvalue weighted by molar-refractivity contribution is 8.76. The number of hydrogen-bond acceptors (Lipinski definition) is 9. The average Bonchev–Trinajstić information content (AvgIpc) is 3.46. The maximum Gasteiger partial charge on any atom is 0.471 e. The summed E-state index contributed by atoms with van der Waals surface area (Å²) >= 11 is 0. The molecule has 1 aliphatic rings. The van der Waals surface area contributed by atoms with Crippen LogP contribution in [0, 0.1) is 59.7 Å². The van der Waals surface area contributed by atoms with Crippen molar-refractivity contribution in [2.75, 3.05) is 24.7 Å². The Kier molecular flexibility index (Phi) is 16.8. The van der Waals surface area contributed by atoms with Crippen molar-refractivity contribution in [2.24, 2.45) is 0 Å².